The molecule has 28 heavy (non-hydrogen) atoms. The number of carbonyl (C=O) groups is 2. The van der Waals surface area contributed by atoms with E-state index in [1.807, 2.05) is 37.3 Å². The van der Waals surface area contributed by atoms with E-state index in [9.17, 15) is 9.59 Å². The summed E-state index contributed by atoms with van der Waals surface area (Å²) in [4.78, 5) is 29.5. The normalized spacial score (nSPS) is 14.4. The van der Waals surface area contributed by atoms with Crippen molar-refractivity contribution in [3.05, 3.63) is 54.1 Å². The van der Waals surface area contributed by atoms with Gasteiger partial charge in [0.25, 0.3) is 0 Å². The van der Waals surface area contributed by atoms with E-state index in [0.717, 1.165) is 5.56 Å². The van der Waals surface area contributed by atoms with Crippen molar-refractivity contribution in [2.75, 3.05) is 0 Å². The zero-order valence-electron chi connectivity index (χ0n) is 18.0. The fourth-order valence-electron chi connectivity index (χ4n) is 2.79. The number of rotatable bonds is 7. The number of benzene rings is 1. The Balaban J connectivity index is 2.10. The predicted octanol–water partition coefficient (Wildman–Crippen LogP) is 5.12. The van der Waals surface area contributed by atoms with E-state index < -0.39 is 20.1 Å². The van der Waals surface area contributed by atoms with Crippen molar-refractivity contribution in [3.8, 4) is 0 Å². The quantitative estimate of drug-likeness (QED) is 0.478. The van der Waals surface area contributed by atoms with E-state index in [2.05, 4.69) is 38.8 Å². The Morgan fingerprint density at radius 3 is 2.32 bits per heavy atom. The molecule has 0 fully saturated rings. The molecule has 0 aliphatic carbocycles. The number of nitrogens with zero attached hydrogens (tertiary/aromatic N) is 2. The van der Waals surface area contributed by atoms with Gasteiger partial charge in [-0.05, 0) is 24.4 Å². The molecular weight excluding hydrogens is 368 g/mol. The molecule has 0 bridgehead atoms. The van der Waals surface area contributed by atoms with Crippen molar-refractivity contribution in [3.63, 3.8) is 0 Å². The van der Waals surface area contributed by atoms with Crippen molar-refractivity contribution in [2.45, 2.75) is 70.9 Å². The smallest absolute Gasteiger partial charge is 0.357 e. The SMILES string of the molecule is CC(OC(=O)c1cncn1[C@H](C)c1ccccc1)C(=O)C[Si](C)(C)C(C)(C)C. The topological polar surface area (TPSA) is 61.2 Å². The fraction of sp³-hybridized carbons (Fsp3) is 0.500. The third-order valence-corrected chi connectivity index (χ3v) is 11.3. The van der Waals surface area contributed by atoms with Crippen LogP contribution in [0.2, 0.25) is 24.2 Å². The summed E-state index contributed by atoms with van der Waals surface area (Å²) < 4.78 is 7.30. The molecule has 1 aromatic carbocycles. The van der Waals surface area contributed by atoms with Crippen LogP contribution in [-0.2, 0) is 9.53 Å². The number of imidazole rings is 1. The number of aromatic nitrogens is 2. The van der Waals surface area contributed by atoms with Gasteiger partial charge in [0.05, 0.1) is 26.6 Å². The second-order valence-electron chi connectivity index (χ2n) is 9.10. The summed E-state index contributed by atoms with van der Waals surface area (Å²) in [5.74, 6) is -0.529. The van der Waals surface area contributed by atoms with E-state index in [1.165, 1.54) is 6.20 Å². The van der Waals surface area contributed by atoms with E-state index in [4.69, 9.17) is 4.74 Å². The Kier molecular flexibility index (Phi) is 6.65. The van der Waals surface area contributed by atoms with Crippen LogP contribution < -0.4 is 0 Å². The molecule has 0 radical (unpaired) electrons. The third-order valence-electron chi connectivity index (χ3n) is 5.96. The first-order valence-electron chi connectivity index (χ1n) is 9.74. The molecule has 2 rings (SSSR count). The number of carbonyl (C=O) groups excluding carboxylic acids is 2. The molecule has 2 aromatic rings. The molecule has 0 saturated heterocycles. The Labute approximate surface area is 169 Å². The van der Waals surface area contributed by atoms with Crippen molar-refractivity contribution in [1.82, 2.24) is 9.55 Å². The first kappa shape index (κ1) is 22.1. The summed E-state index contributed by atoms with van der Waals surface area (Å²) in [5.41, 5.74) is 1.42. The Hall–Kier alpha value is -2.21. The summed E-state index contributed by atoms with van der Waals surface area (Å²) in [7, 11) is -1.78. The van der Waals surface area contributed by atoms with Crippen LogP contribution in [-0.4, -0.2) is 35.5 Å². The highest BCUT2D eigenvalue weighted by atomic mass is 28.3. The van der Waals surface area contributed by atoms with Crippen LogP contribution in [0.3, 0.4) is 0 Å². The number of ketones is 1. The molecule has 0 aliphatic rings. The van der Waals surface area contributed by atoms with Crippen LogP contribution in [0.5, 0.6) is 0 Å². The van der Waals surface area contributed by atoms with Gasteiger partial charge in [-0.15, -0.1) is 0 Å². The van der Waals surface area contributed by atoms with Gasteiger partial charge in [-0.1, -0.05) is 64.2 Å². The largest absolute Gasteiger partial charge is 0.450 e. The highest BCUT2D eigenvalue weighted by molar-refractivity contribution is 6.82. The van der Waals surface area contributed by atoms with E-state index in [1.54, 1.807) is 17.8 Å². The summed E-state index contributed by atoms with van der Waals surface area (Å²) in [6.07, 6.45) is 2.35. The number of ether oxygens (including phenoxy) is 1. The first-order chi connectivity index (χ1) is 12.9. The third kappa shape index (κ3) is 4.98. The van der Waals surface area contributed by atoms with Crippen molar-refractivity contribution >= 4 is 19.8 Å². The summed E-state index contributed by atoms with van der Waals surface area (Å²) in [5, 5.41) is 0.107. The van der Waals surface area contributed by atoms with Crippen molar-refractivity contribution in [2.24, 2.45) is 0 Å². The number of Topliss-reactive ketones (excluding diaryl/α,β-unsaturated/α-hetero) is 1. The fourth-order valence-corrected chi connectivity index (χ4v) is 4.48. The molecule has 6 heteroatoms. The van der Waals surface area contributed by atoms with Crippen LogP contribution in [0.25, 0.3) is 0 Å². The second kappa shape index (κ2) is 8.43. The molecule has 0 saturated carbocycles. The average Bonchev–Trinajstić information content (AvgIpc) is 3.10. The van der Waals surface area contributed by atoms with E-state index >= 15 is 0 Å². The van der Waals surface area contributed by atoms with E-state index in [0.29, 0.717) is 11.7 Å². The molecular formula is C22H32N2O3Si. The lowest BCUT2D eigenvalue weighted by molar-refractivity contribution is -0.124. The molecule has 0 spiro atoms. The summed E-state index contributed by atoms with van der Waals surface area (Å²) >= 11 is 0. The lowest BCUT2D eigenvalue weighted by Gasteiger charge is -2.36. The Morgan fingerprint density at radius 1 is 1.14 bits per heavy atom. The lowest BCUT2D eigenvalue weighted by atomic mass is 10.1. The summed E-state index contributed by atoms with van der Waals surface area (Å²) in [6, 6.07) is 10.3. The average molecular weight is 401 g/mol. The van der Waals surface area contributed by atoms with Gasteiger partial charge >= 0.3 is 5.97 Å². The molecule has 5 nitrogen and oxygen atoms in total. The Bertz CT molecular complexity index is 822. The van der Waals surface area contributed by atoms with Crippen LogP contribution >= 0.6 is 0 Å². The van der Waals surface area contributed by atoms with Gasteiger partial charge in [0, 0.05) is 6.04 Å². The second-order valence-corrected chi connectivity index (χ2v) is 14.7. The van der Waals surface area contributed by atoms with E-state index in [-0.39, 0.29) is 16.9 Å². The molecule has 0 aliphatic heterocycles. The maximum absolute atomic E-state index is 12.7. The van der Waals surface area contributed by atoms with Crippen LogP contribution in [0.15, 0.2) is 42.9 Å². The molecule has 1 unspecified atom stereocenters. The van der Waals surface area contributed by atoms with Gasteiger partial charge in [0.15, 0.2) is 11.9 Å². The molecule has 1 aromatic heterocycles. The van der Waals surface area contributed by atoms with Crippen LogP contribution in [0.1, 0.15) is 56.7 Å². The number of hydrogen-bond donors (Lipinski definition) is 0. The maximum Gasteiger partial charge on any atom is 0.357 e. The van der Waals surface area contributed by atoms with Gasteiger partial charge in [-0.3, -0.25) is 4.79 Å². The predicted molar refractivity (Wildman–Crippen MR) is 114 cm³/mol. The van der Waals surface area contributed by atoms with Gasteiger partial charge in [-0.2, -0.15) is 0 Å². The monoisotopic (exact) mass is 400 g/mol. The van der Waals surface area contributed by atoms with Crippen LogP contribution in [0.4, 0.5) is 0 Å². The number of hydrogen-bond acceptors (Lipinski definition) is 4. The maximum atomic E-state index is 12.7. The van der Waals surface area contributed by atoms with Crippen LogP contribution in [0, 0.1) is 0 Å². The molecule has 0 amide bonds. The Morgan fingerprint density at radius 2 is 1.75 bits per heavy atom. The van der Waals surface area contributed by atoms with Crippen molar-refractivity contribution < 1.29 is 14.3 Å². The molecule has 1 heterocycles. The first-order valence-corrected chi connectivity index (χ1v) is 13.0. The molecule has 2 atom stereocenters. The van der Waals surface area contributed by atoms with Crippen molar-refractivity contribution in [1.29, 1.82) is 0 Å². The number of esters is 1. The van der Waals surface area contributed by atoms with Gasteiger partial charge in [0.2, 0.25) is 0 Å². The minimum absolute atomic E-state index is 0.0119. The van der Waals surface area contributed by atoms with Gasteiger partial charge in [-0.25, -0.2) is 9.78 Å². The van der Waals surface area contributed by atoms with Gasteiger partial charge in [0.1, 0.15) is 5.69 Å². The minimum atomic E-state index is -1.78. The zero-order chi connectivity index (χ0) is 21.1. The minimum Gasteiger partial charge on any atom is -0.450 e. The van der Waals surface area contributed by atoms with Gasteiger partial charge < -0.3 is 9.30 Å². The zero-order valence-corrected chi connectivity index (χ0v) is 19.0. The molecule has 152 valence electrons. The molecule has 0 N–H and O–H groups in total. The highest BCUT2D eigenvalue weighted by Crippen LogP contribution is 2.39. The highest BCUT2D eigenvalue weighted by Gasteiger charge is 2.38. The lowest BCUT2D eigenvalue weighted by Crippen LogP contribution is -2.41. The summed E-state index contributed by atoms with van der Waals surface area (Å²) in [6.45, 7) is 14.6. The standard InChI is InChI=1S/C22H32N2O3Si/c1-16(18-11-9-8-10-12-18)24-15-23-13-19(24)21(26)27-17(2)20(25)14-28(6,7)22(3,4)5/h8-13,15-17H,14H2,1-7H3/t16-,17?/m1/s1.